The molecule has 0 spiro atoms. The number of fused-ring (bicyclic) bond motifs is 1. The van der Waals surface area contributed by atoms with Crippen molar-refractivity contribution in [1.82, 2.24) is 4.57 Å². The molecule has 1 unspecified atom stereocenters. The Bertz CT molecular complexity index is 1410. The van der Waals surface area contributed by atoms with Gasteiger partial charge in [0.05, 0.1) is 28.5 Å². The van der Waals surface area contributed by atoms with E-state index in [0.717, 1.165) is 5.56 Å². The molecule has 4 rings (SSSR count). The molecule has 1 aromatic heterocycles. The Hall–Kier alpha value is -3.45. The molecule has 2 aromatic carbocycles. The Morgan fingerprint density at radius 2 is 1.97 bits per heavy atom. The molecule has 1 atom stereocenters. The maximum absolute atomic E-state index is 13.5. The summed E-state index contributed by atoms with van der Waals surface area (Å²) in [5.41, 5.74) is 3.37. The number of thiazole rings is 1. The lowest BCUT2D eigenvalue weighted by atomic mass is 9.93. The number of aromatic hydroxyl groups is 1. The summed E-state index contributed by atoms with van der Waals surface area (Å²) in [6, 6.07) is 14.1. The van der Waals surface area contributed by atoms with E-state index in [1.165, 1.54) is 16.9 Å². The van der Waals surface area contributed by atoms with Crippen LogP contribution in [-0.2, 0) is 9.53 Å². The third kappa shape index (κ3) is 4.41. The molecule has 3 aromatic rings. The molecular formula is C26H26N2O4S. The molecule has 0 saturated carbocycles. The third-order valence-electron chi connectivity index (χ3n) is 5.60. The number of carbonyl (C=O) groups is 1. The van der Waals surface area contributed by atoms with Gasteiger partial charge in [-0.05, 0) is 54.7 Å². The highest BCUT2D eigenvalue weighted by Gasteiger charge is 2.33. The van der Waals surface area contributed by atoms with Gasteiger partial charge in [0.2, 0.25) is 0 Å². The molecule has 0 saturated heterocycles. The summed E-state index contributed by atoms with van der Waals surface area (Å²) in [4.78, 5) is 31.6. The summed E-state index contributed by atoms with van der Waals surface area (Å²) in [6.07, 6.45) is 1.73. The maximum Gasteiger partial charge on any atom is 0.338 e. The van der Waals surface area contributed by atoms with Crippen LogP contribution in [0.1, 0.15) is 56.3 Å². The fourth-order valence-corrected chi connectivity index (χ4v) is 4.98. The van der Waals surface area contributed by atoms with E-state index in [1.54, 1.807) is 42.7 Å². The molecule has 6 nitrogen and oxygen atoms in total. The van der Waals surface area contributed by atoms with Crippen LogP contribution < -0.4 is 14.9 Å². The van der Waals surface area contributed by atoms with Gasteiger partial charge in [0.25, 0.3) is 5.56 Å². The quantitative estimate of drug-likeness (QED) is 0.587. The topological polar surface area (TPSA) is 80.9 Å². The van der Waals surface area contributed by atoms with E-state index >= 15 is 0 Å². The number of aromatic nitrogens is 1. The highest BCUT2D eigenvalue weighted by Crippen LogP contribution is 2.31. The molecule has 2 heterocycles. The number of rotatable bonds is 5. The number of benzene rings is 2. The van der Waals surface area contributed by atoms with E-state index in [0.29, 0.717) is 32.1 Å². The van der Waals surface area contributed by atoms with Crippen LogP contribution in [-0.4, -0.2) is 22.2 Å². The number of ether oxygens (including phenoxy) is 1. The first kappa shape index (κ1) is 22.7. The molecule has 1 aliphatic heterocycles. The minimum Gasteiger partial charge on any atom is -0.508 e. The van der Waals surface area contributed by atoms with Crippen LogP contribution in [0.5, 0.6) is 5.75 Å². The number of hydrogen-bond donors (Lipinski definition) is 1. The Morgan fingerprint density at radius 1 is 1.24 bits per heavy atom. The monoisotopic (exact) mass is 462 g/mol. The van der Waals surface area contributed by atoms with Crippen molar-refractivity contribution in [2.45, 2.75) is 39.7 Å². The van der Waals surface area contributed by atoms with Crippen molar-refractivity contribution >= 4 is 23.4 Å². The number of phenolic OH excluding ortho intramolecular Hbond substituents is 1. The van der Waals surface area contributed by atoms with Gasteiger partial charge in [-0.2, -0.15) is 0 Å². The van der Waals surface area contributed by atoms with Crippen LogP contribution >= 0.6 is 11.3 Å². The van der Waals surface area contributed by atoms with Gasteiger partial charge in [-0.25, -0.2) is 9.79 Å². The van der Waals surface area contributed by atoms with Crippen LogP contribution in [0.15, 0.2) is 69.6 Å². The first-order valence-corrected chi connectivity index (χ1v) is 11.7. The molecule has 1 N–H and O–H groups in total. The van der Waals surface area contributed by atoms with E-state index in [9.17, 15) is 14.7 Å². The summed E-state index contributed by atoms with van der Waals surface area (Å²) in [5, 5.41) is 9.78. The summed E-state index contributed by atoms with van der Waals surface area (Å²) in [5.74, 6) is 0.0177. The van der Waals surface area contributed by atoms with Crippen molar-refractivity contribution in [3.05, 3.63) is 96.2 Å². The van der Waals surface area contributed by atoms with Crippen molar-refractivity contribution in [3.8, 4) is 5.75 Å². The second-order valence-electron chi connectivity index (χ2n) is 8.22. The normalized spacial score (nSPS) is 16.0. The van der Waals surface area contributed by atoms with Crippen molar-refractivity contribution in [2.75, 3.05) is 6.61 Å². The molecule has 170 valence electrons. The van der Waals surface area contributed by atoms with Crippen molar-refractivity contribution in [2.24, 2.45) is 4.99 Å². The zero-order chi connectivity index (χ0) is 23.7. The van der Waals surface area contributed by atoms with Crippen LogP contribution in [0, 0.1) is 0 Å². The summed E-state index contributed by atoms with van der Waals surface area (Å²) in [6.45, 7) is 8.00. The van der Waals surface area contributed by atoms with Crippen LogP contribution in [0.2, 0.25) is 0 Å². The van der Waals surface area contributed by atoms with Gasteiger partial charge >= 0.3 is 5.97 Å². The number of allylic oxidation sites excluding steroid dienone is 1. The molecule has 0 bridgehead atoms. The molecular weight excluding hydrogens is 436 g/mol. The number of esters is 1. The molecule has 7 heteroatoms. The highest BCUT2D eigenvalue weighted by atomic mass is 32.1. The number of hydrogen-bond acceptors (Lipinski definition) is 6. The molecule has 0 amide bonds. The fraction of sp³-hybridized carbons (Fsp3) is 0.269. The standard InChI is InChI=1S/C26H26N2O4S/c1-5-32-25(31)22-16(4)27-26-28(23(22)19-11-9-18(10-12-19)15(2)3)24(30)21(33-26)14-17-7-6-8-20(29)13-17/h6-15,23,29H,5H2,1-4H3/b21-14+. The molecule has 33 heavy (non-hydrogen) atoms. The van der Waals surface area contributed by atoms with Crippen LogP contribution in [0.3, 0.4) is 0 Å². The predicted molar refractivity (Wildman–Crippen MR) is 129 cm³/mol. The second-order valence-corrected chi connectivity index (χ2v) is 9.23. The first-order chi connectivity index (χ1) is 15.8. The maximum atomic E-state index is 13.5. The van der Waals surface area contributed by atoms with Crippen molar-refractivity contribution in [1.29, 1.82) is 0 Å². The summed E-state index contributed by atoms with van der Waals surface area (Å²) < 4.78 is 7.38. The SMILES string of the molecule is CCOC(=O)C1=C(C)N=c2s/c(=C/c3cccc(O)c3)c(=O)n2C1c1ccc(C(C)C)cc1. The van der Waals surface area contributed by atoms with Gasteiger partial charge in [0.1, 0.15) is 5.75 Å². The van der Waals surface area contributed by atoms with Gasteiger partial charge in [-0.1, -0.05) is 61.6 Å². The Morgan fingerprint density at radius 3 is 2.61 bits per heavy atom. The molecule has 0 aliphatic carbocycles. The molecule has 1 aliphatic rings. The third-order valence-corrected chi connectivity index (χ3v) is 6.59. The van der Waals surface area contributed by atoms with Crippen molar-refractivity contribution < 1.29 is 14.6 Å². The summed E-state index contributed by atoms with van der Waals surface area (Å²) in [7, 11) is 0. The number of nitrogens with zero attached hydrogens (tertiary/aromatic N) is 2. The lowest BCUT2D eigenvalue weighted by Gasteiger charge is -2.25. The Labute approximate surface area is 195 Å². The van der Waals surface area contributed by atoms with E-state index in [1.807, 2.05) is 30.3 Å². The van der Waals surface area contributed by atoms with Gasteiger partial charge in [-0.15, -0.1) is 0 Å². The Kier molecular flexibility index (Phi) is 6.33. The minimum atomic E-state index is -0.632. The lowest BCUT2D eigenvalue weighted by molar-refractivity contribution is -0.139. The van der Waals surface area contributed by atoms with Crippen molar-refractivity contribution in [3.63, 3.8) is 0 Å². The Balaban J connectivity index is 1.94. The zero-order valence-electron chi connectivity index (χ0n) is 19.0. The van der Waals surface area contributed by atoms with Gasteiger partial charge in [0.15, 0.2) is 4.80 Å². The zero-order valence-corrected chi connectivity index (χ0v) is 19.8. The second kappa shape index (κ2) is 9.19. The fourth-order valence-electron chi connectivity index (χ4n) is 3.94. The van der Waals surface area contributed by atoms with Crippen LogP contribution in [0.4, 0.5) is 0 Å². The minimum absolute atomic E-state index is 0.125. The van der Waals surface area contributed by atoms with Gasteiger partial charge in [-0.3, -0.25) is 9.36 Å². The van der Waals surface area contributed by atoms with E-state index < -0.39 is 12.0 Å². The number of phenols is 1. The van der Waals surface area contributed by atoms with Gasteiger partial charge in [0, 0.05) is 0 Å². The van der Waals surface area contributed by atoms with Gasteiger partial charge < -0.3 is 9.84 Å². The highest BCUT2D eigenvalue weighted by molar-refractivity contribution is 7.07. The average molecular weight is 463 g/mol. The smallest absolute Gasteiger partial charge is 0.338 e. The van der Waals surface area contributed by atoms with Crippen LogP contribution in [0.25, 0.3) is 6.08 Å². The number of carbonyl (C=O) groups excluding carboxylic acids is 1. The predicted octanol–water partition coefficient (Wildman–Crippen LogP) is 3.63. The lowest BCUT2D eigenvalue weighted by Crippen LogP contribution is -2.39. The molecule has 0 radical (unpaired) electrons. The van der Waals surface area contributed by atoms with E-state index in [4.69, 9.17) is 4.74 Å². The summed E-state index contributed by atoms with van der Waals surface area (Å²) >= 11 is 1.26. The molecule has 0 fully saturated rings. The first-order valence-electron chi connectivity index (χ1n) is 10.9. The largest absolute Gasteiger partial charge is 0.508 e. The van der Waals surface area contributed by atoms with E-state index in [-0.39, 0.29) is 17.9 Å². The van der Waals surface area contributed by atoms with E-state index in [2.05, 4.69) is 18.8 Å². The average Bonchev–Trinajstić information content (AvgIpc) is 3.07.